The molecule has 1 saturated carbocycles. The minimum Gasteiger partial charge on any atom is -0.396 e. The van der Waals surface area contributed by atoms with Crippen LogP contribution in [-0.4, -0.2) is 33.6 Å². The number of fused-ring (bicyclic) bond motifs is 1. The quantitative estimate of drug-likeness (QED) is 0.798. The minimum absolute atomic E-state index is 0.0155. The number of nitrogens with two attached hydrogens (primary N) is 1. The molecule has 1 amide bonds. The van der Waals surface area contributed by atoms with E-state index in [0.29, 0.717) is 20.9 Å². The molecule has 0 aliphatic heterocycles. The lowest BCUT2D eigenvalue weighted by Gasteiger charge is -2.30. The van der Waals surface area contributed by atoms with Gasteiger partial charge in [0.1, 0.15) is 15.2 Å². The number of anilines is 1. The second-order valence-corrected chi connectivity index (χ2v) is 6.36. The molecule has 1 aliphatic carbocycles. The summed E-state index contributed by atoms with van der Waals surface area (Å²) in [6, 6.07) is 0.0155. The Morgan fingerprint density at radius 1 is 1.38 bits per heavy atom. The van der Waals surface area contributed by atoms with E-state index in [-0.39, 0.29) is 24.5 Å². The second kappa shape index (κ2) is 5.95. The zero-order chi connectivity index (χ0) is 14.8. The Morgan fingerprint density at radius 2 is 2.14 bits per heavy atom. The number of nitrogens with one attached hydrogen (secondary N) is 1. The number of aromatic nitrogens is 2. The molecular formula is C14H18N4O2S. The number of hydrogen-bond acceptors (Lipinski definition) is 6. The van der Waals surface area contributed by atoms with Crippen LogP contribution < -0.4 is 11.1 Å². The van der Waals surface area contributed by atoms with Crippen molar-refractivity contribution >= 4 is 33.3 Å². The van der Waals surface area contributed by atoms with Gasteiger partial charge in [0.15, 0.2) is 0 Å². The molecule has 0 spiro atoms. The average Bonchev–Trinajstić information content (AvgIpc) is 2.85. The highest BCUT2D eigenvalue weighted by atomic mass is 32.1. The van der Waals surface area contributed by atoms with E-state index in [9.17, 15) is 9.90 Å². The molecule has 2 aromatic rings. The van der Waals surface area contributed by atoms with Gasteiger partial charge >= 0.3 is 0 Å². The Morgan fingerprint density at radius 3 is 2.90 bits per heavy atom. The molecule has 0 saturated heterocycles. The molecule has 2 unspecified atom stereocenters. The van der Waals surface area contributed by atoms with Crippen LogP contribution in [0, 0.1) is 5.92 Å². The molecule has 1 aliphatic rings. The van der Waals surface area contributed by atoms with E-state index < -0.39 is 0 Å². The van der Waals surface area contributed by atoms with Crippen molar-refractivity contribution < 1.29 is 9.90 Å². The molecular weight excluding hydrogens is 288 g/mol. The number of carbonyl (C=O) groups excluding carboxylic acids is 1. The Balaban J connectivity index is 1.82. The van der Waals surface area contributed by atoms with Crippen molar-refractivity contribution in [1.29, 1.82) is 0 Å². The van der Waals surface area contributed by atoms with Gasteiger partial charge in [-0.3, -0.25) is 4.79 Å². The van der Waals surface area contributed by atoms with Gasteiger partial charge in [-0.25, -0.2) is 9.97 Å². The normalized spacial score (nSPS) is 22.3. The predicted molar refractivity (Wildman–Crippen MR) is 82.1 cm³/mol. The maximum atomic E-state index is 12.4. The Hall–Kier alpha value is -1.73. The minimum atomic E-state index is -0.192. The third-order valence-corrected chi connectivity index (χ3v) is 5.13. The summed E-state index contributed by atoms with van der Waals surface area (Å²) in [7, 11) is 0. The van der Waals surface area contributed by atoms with Crippen molar-refractivity contribution in [2.45, 2.75) is 31.7 Å². The SMILES string of the molecule is Nc1c(C(=O)NC2CCCCC2CO)sc2nccnc12. The van der Waals surface area contributed by atoms with Crippen molar-refractivity contribution in [2.75, 3.05) is 12.3 Å². The van der Waals surface area contributed by atoms with Crippen LogP contribution in [0.2, 0.25) is 0 Å². The van der Waals surface area contributed by atoms with E-state index in [4.69, 9.17) is 5.73 Å². The van der Waals surface area contributed by atoms with Crippen molar-refractivity contribution in [2.24, 2.45) is 5.92 Å². The van der Waals surface area contributed by atoms with Crippen molar-refractivity contribution in [3.05, 3.63) is 17.3 Å². The number of nitrogens with zero attached hydrogens (tertiary/aromatic N) is 2. The molecule has 3 rings (SSSR count). The third kappa shape index (κ3) is 2.71. The summed E-state index contributed by atoms with van der Waals surface area (Å²) in [6.07, 6.45) is 7.19. The molecule has 2 atom stereocenters. The van der Waals surface area contributed by atoms with Crippen LogP contribution >= 0.6 is 11.3 Å². The standard InChI is InChI=1S/C14H18N4O2S/c15-10-11-14(17-6-5-16-11)21-12(10)13(20)18-9-4-2-1-3-8(9)7-19/h5-6,8-9,19H,1-4,7,15H2,(H,18,20). The van der Waals surface area contributed by atoms with Gasteiger partial charge in [-0.2, -0.15) is 0 Å². The number of aliphatic hydroxyl groups is 1. The zero-order valence-corrected chi connectivity index (χ0v) is 12.4. The molecule has 2 heterocycles. The molecule has 0 aromatic carbocycles. The molecule has 1 fully saturated rings. The van der Waals surface area contributed by atoms with Gasteiger partial charge in [0.05, 0.1) is 5.69 Å². The molecule has 2 aromatic heterocycles. The fraction of sp³-hybridized carbons (Fsp3) is 0.500. The van der Waals surface area contributed by atoms with Gasteiger partial charge in [-0.15, -0.1) is 11.3 Å². The lowest BCUT2D eigenvalue weighted by atomic mass is 9.85. The molecule has 7 heteroatoms. The number of carbonyl (C=O) groups is 1. The molecule has 112 valence electrons. The second-order valence-electron chi connectivity index (χ2n) is 5.36. The summed E-state index contributed by atoms with van der Waals surface area (Å²) in [6.45, 7) is 0.107. The summed E-state index contributed by atoms with van der Waals surface area (Å²) in [5.41, 5.74) is 6.97. The van der Waals surface area contributed by atoms with E-state index in [1.165, 1.54) is 11.3 Å². The van der Waals surface area contributed by atoms with Crippen LogP contribution in [-0.2, 0) is 0 Å². The largest absolute Gasteiger partial charge is 0.396 e. The van der Waals surface area contributed by atoms with E-state index >= 15 is 0 Å². The van der Waals surface area contributed by atoms with Gasteiger partial charge in [-0.1, -0.05) is 12.8 Å². The number of aliphatic hydroxyl groups excluding tert-OH is 1. The number of amides is 1. The van der Waals surface area contributed by atoms with Gasteiger partial charge in [0.25, 0.3) is 5.91 Å². The Bertz CT molecular complexity index is 657. The third-order valence-electron chi connectivity index (χ3n) is 4.03. The average molecular weight is 306 g/mol. The summed E-state index contributed by atoms with van der Waals surface area (Å²) in [5.74, 6) is -0.0581. The summed E-state index contributed by atoms with van der Waals surface area (Å²) < 4.78 is 0. The monoisotopic (exact) mass is 306 g/mol. The lowest BCUT2D eigenvalue weighted by Crippen LogP contribution is -2.43. The van der Waals surface area contributed by atoms with Crippen LogP contribution in [0.25, 0.3) is 10.3 Å². The first-order chi connectivity index (χ1) is 10.2. The topological polar surface area (TPSA) is 101 Å². The van der Waals surface area contributed by atoms with E-state index in [1.807, 2.05) is 0 Å². The van der Waals surface area contributed by atoms with Gasteiger partial charge in [0, 0.05) is 31.0 Å². The molecule has 0 radical (unpaired) electrons. The summed E-state index contributed by atoms with van der Waals surface area (Å²) >= 11 is 1.26. The van der Waals surface area contributed by atoms with Crippen molar-refractivity contribution in [3.63, 3.8) is 0 Å². The molecule has 6 nitrogen and oxygen atoms in total. The predicted octanol–water partition coefficient (Wildman–Crippen LogP) is 1.55. The van der Waals surface area contributed by atoms with Crippen LogP contribution in [0.3, 0.4) is 0 Å². The van der Waals surface area contributed by atoms with Crippen LogP contribution in [0.15, 0.2) is 12.4 Å². The first-order valence-electron chi connectivity index (χ1n) is 7.11. The van der Waals surface area contributed by atoms with Crippen LogP contribution in [0.5, 0.6) is 0 Å². The van der Waals surface area contributed by atoms with Crippen LogP contribution in [0.1, 0.15) is 35.4 Å². The number of nitrogen functional groups attached to an aromatic ring is 1. The van der Waals surface area contributed by atoms with Gasteiger partial charge in [-0.05, 0) is 12.8 Å². The van der Waals surface area contributed by atoms with Crippen molar-refractivity contribution in [1.82, 2.24) is 15.3 Å². The van der Waals surface area contributed by atoms with Gasteiger partial charge < -0.3 is 16.2 Å². The number of hydrogen-bond donors (Lipinski definition) is 3. The molecule has 0 bridgehead atoms. The first-order valence-corrected chi connectivity index (χ1v) is 7.93. The molecule has 21 heavy (non-hydrogen) atoms. The maximum Gasteiger partial charge on any atom is 0.263 e. The number of thiophene rings is 1. The summed E-state index contributed by atoms with van der Waals surface area (Å²) in [5, 5.41) is 12.4. The van der Waals surface area contributed by atoms with Crippen molar-refractivity contribution in [3.8, 4) is 0 Å². The summed E-state index contributed by atoms with van der Waals surface area (Å²) in [4.78, 5) is 21.9. The van der Waals surface area contributed by atoms with Crippen LogP contribution in [0.4, 0.5) is 5.69 Å². The Labute approximate surface area is 126 Å². The number of rotatable bonds is 3. The van der Waals surface area contributed by atoms with Gasteiger partial charge in [0.2, 0.25) is 0 Å². The maximum absolute atomic E-state index is 12.4. The molecule has 4 N–H and O–H groups in total. The smallest absolute Gasteiger partial charge is 0.263 e. The van der Waals surface area contributed by atoms with E-state index in [2.05, 4.69) is 15.3 Å². The lowest BCUT2D eigenvalue weighted by molar-refractivity contribution is 0.0877. The van der Waals surface area contributed by atoms with E-state index in [1.54, 1.807) is 12.4 Å². The first kappa shape index (κ1) is 14.2. The highest BCUT2D eigenvalue weighted by Gasteiger charge is 2.27. The fourth-order valence-corrected chi connectivity index (χ4v) is 3.79. The fourth-order valence-electron chi connectivity index (χ4n) is 2.86. The van der Waals surface area contributed by atoms with E-state index in [0.717, 1.165) is 25.7 Å². The highest BCUT2D eigenvalue weighted by Crippen LogP contribution is 2.31. The zero-order valence-electron chi connectivity index (χ0n) is 11.6. The Kier molecular flexibility index (Phi) is 4.03. The highest BCUT2D eigenvalue weighted by molar-refractivity contribution is 7.21.